The minimum atomic E-state index is -0.544. The zero-order valence-corrected chi connectivity index (χ0v) is 17.3. The van der Waals surface area contributed by atoms with Gasteiger partial charge >= 0.3 is 5.97 Å². The molecule has 0 fully saturated rings. The van der Waals surface area contributed by atoms with Gasteiger partial charge in [-0.05, 0) is 31.0 Å². The van der Waals surface area contributed by atoms with Crippen LogP contribution in [0.5, 0.6) is 0 Å². The maximum atomic E-state index is 12.3. The molecule has 5 heteroatoms. The van der Waals surface area contributed by atoms with Crippen LogP contribution >= 0.6 is 11.3 Å². The van der Waals surface area contributed by atoms with Gasteiger partial charge in [0.15, 0.2) is 18.2 Å². The molecule has 0 aliphatic carbocycles. The lowest BCUT2D eigenvalue weighted by molar-refractivity contribution is -0.142. The molecule has 0 saturated heterocycles. The molecule has 1 aromatic heterocycles. The van der Waals surface area contributed by atoms with Crippen LogP contribution in [-0.2, 0) is 9.53 Å². The first-order chi connectivity index (χ1) is 13.9. The molecule has 0 atom stereocenters. The molecule has 2 aromatic carbocycles. The number of aryl methyl sites for hydroxylation is 2. The van der Waals surface area contributed by atoms with Crippen LogP contribution in [0.1, 0.15) is 43.3 Å². The molecular weight excluding hydrogens is 384 g/mol. The molecular formula is C24H22O4S. The van der Waals surface area contributed by atoms with Gasteiger partial charge < -0.3 is 4.74 Å². The number of Topliss-reactive ketones (excluding diaryl/α,β-unsaturated/α-hetero) is 2. The van der Waals surface area contributed by atoms with E-state index in [0.29, 0.717) is 11.1 Å². The van der Waals surface area contributed by atoms with Crippen LogP contribution in [0.3, 0.4) is 0 Å². The average Bonchev–Trinajstić information content (AvgIpc) is 3.09. The summed E-state index contributed by atoms with van der Waals surface area (Å²) >= 11 is 1.56. The third kappa shape index (κ3) is 5.48. The van der Waals surface area contributed by atoms with E-state index in [-0.39, 0.29) is 31.0 Å². The fraction of sp³-hybridized carbons (Fsp3) is 0.208. The van der Waals surface area contributed by atoms with Gasteiger partial charge in [0.25, 0.3) is 0 Å². The second kappa shape index (κ2) is 9.43. The fourth-order valence-corrected chi connectivity index (χ4v) is 3.98. The largest absolute Gasteiger partial charge is 0.457 e. The van der Waals surface area contributed by atoms with Crippen molar-refractivity contribution in [3.63, 3.8) is 0 Å². The van der Waals surface area contributed by atoms with Crippen LogP contribution < -0.4 is 0 Å². The smallest absolute Gasteiger partial charge is 0.306 e. The maximum Gasteiger partial charge on any atom is 0.306 e. The molecule has 4 nitrogen and oxygen atoms in total. The first kappa shape index (κ1) is 20.7. The third-order valence-electron chi connectivity index (χ3n) is 4.58. The highest BCUT2D eigenvalue weighted by molar-refractivity contribution is 7.12. The summed E-state index contributed by atoms with van der Waals surface area (Å²) in [4.78, 5) is 38.4. The quantitative estimate of drug-likeness (QED) is 0.370. The van der Waals surface area contributed by atoms with Gasteiger partial charge in [-0.1, -0.05) is 54.6 Å². The molecule has 3 rings (SSSR count). The maximum absolute atomic E-state index is 12.3. The fourth-order valence-electron chi connectivity index (χ4n) is 3.04. The van der Waals surface area contributed by atoms with Crippen LogP contribution in [0.25, 0.3) is 11.1 Å². The van der Waals surface area contributed by atoms with Gasteiger partial charge in [0.2, 0.25) is 0 Å². The Morgan fingerprint density at radius 3 is 2.10 bits per heavy atom. The standard InChI is InChI=1S/C24H22O4S/c1-16-14-21(17(2)29-16)22(25)12-13-24(27)28-15-23(26)20-10-8-19(9-11-20)18-6-4-3-5-7-18/h3-11,14H,12-13,15H2,1-2H3. The first-order valence-corrected chi connectivity index (χ1v) is 10.2. The summed E-state index contributed by atoms with van der Waals surface area (Å²) in [5, 5.41) is 0. The third-order valence-corrected chi connectivity index (χ3v) is 5.54. The lowest BCUT2D eigenvalue weighted by Crippen LogP contribution is -2.15. The predicted octanol–water partition coefficient (Wildman–Crippen LogP) is 5.42. The number of rotatable bonds is 8. The molecule has 0 aliphatic heterocycles. The van der Waals surface area contributed by atoms with Crippen molar-refractivity contribution in [2.24, 2.45) is 0 Å². The van der Waals surface area contributed by atoms with E-state index in [2.05, 4.69) is 0 Å². The van der Waals surface area contributed by atoms with E-state index in [9.17, 15) is 14.4 Å². The second-order valence-electron chi connectivity index (χ2n) is 6.78. The van der Waals surface area contributed by atoms with Crippen molar-refractivity contribution >= 4 is 28.9 Å². The van der Waals surface area contributed by atoms with Crippen molar-refractivity contribution in [1.29, 1.82) is 0 Å². The Labute approximate surface area is 174 Å². The van der Waals surface area contributed by atoms with Gasteiger partial charge in [-0.15, -0.1) is 11.3 Å². The highest BCUT2D eigenvalue weighted by Gasteiger charge is 2.15. The summed E-state index contributed by atoms with van der Waals surface area (Å²) < 4.78 is 5.06. The van der Waals surface area contributed by atoms with Gasteiger partial charge in [-0.3, -0.25) is 14.4 Å². The number of hydrogen-bond acceptors (Lipinski definition) is 5. The number of ketones is 2. The minimum Gasteiger partial charge on any atom is -0.457 e. The number of hydrogen-bond donors (Lipinski definition) is 0. The molecule has 0 amide bonds. The van der Waals surface area contributed by atoms with Crippen molar-refractivity contribution in [3.05, 3.63) is 81.5 Å². The SMILES string of the molecule is Cc1cc(C(=O)CCC(=O)OCC(=O)c2ccc(-c3ccccc3)cc2)c(C)s1. The zero-order chi connectivity index (χ0) is 20.8. The van der Waals surface area contributed by atoms with Crippen molar-refractivity contribution < 1.29 is 19.1 Å². The summed E-state index contributed by atoms with van der Waals surface area (Å²) in [5.74, 6) is -0.891. The van der Waals surface area contributed by atoms with Crippen molar-refractivity contribution in [2.75, 3.05) is 6.61 Å². The Balaban J connectivity index is 1.48. The monoisotopic (exact) mass is 406 g/mol. The van der Waals surface area contributed by atoms with Crippen molar-refractivity contribution in [3.8, 4) is 11.1 Å². The molecule has 0 saturated carbocycles. The summed E-state index contributed by atoms with van der Waals surface area (Å²) in [6.45, 7) is 3.51. The second-order valence-corrected chi connectivity index (χ2v) is 8.24. The van der Waals surface area contributed by atoms with E-state index in [0.717, 1.165) is 20.9 Å². The molecule has 3 aromatic rings. The van der Waals surface area contributed by atoms with Gasteiger partial charge in [0, 0.05) is 27.3 Å². The molecule has 0 radical (unpaired) electrons. The van der Waals surface area contributed by atoms with E-state index < -0.39 is 5.97 Å². The summed E-state index contributed by atoms with van der Waals surface area (Å²) in [6.07, 6.45) is 0.0448. The van der Waals surface area contributed by atoms with E-state index in [1.807, 2.05) is 62.4 Å². The van der Waals surface area contributed by atoms with Gasteiger partial charge in [0.05, 0.1) is 6.42 Å². The van der Waals surface area contributed by atoms with E-state index in [4.69, 9.17) is 4.74 Å². The van der Waals surface area contributed by atoms with Crippen LogP contribution in [-0.4, -0.2) is 24.1 Å². The van der Waals surface area contributed by atoms with E-state index in [1.54, 1.807) is 23.5 Å². The van der Waals surface area contributed by atoms with Crippen LogP contribution in [0.4, 0.5) is 0 Å². The average molecular weight is 407 g/mol. The predicted molar refractivity (Wildman–Crippen MR) is 115 cm³/mol. The Bertz CT molecular complexity index is 1020. The molecule has 1 heterocycles. The van der Waals surface area contributed by atoms with Gasteiger partial charge in [-0.25, -0.2) is 0 Å². The lowest BCUT2D eigenvalue weighted by Gasteiger charge is -2.06. The minimum absolute atomic E-state index is 0.0343. The van der Waals surface area contributed by atoms with Crippen LogP contribution in [0.2, 0.25) is 0 Å². The lowest BCUT2D eigenvalue weighted by atomic mass is 10.0. The van der Waals surface area contributed by atoms with Crippen LogP contribution in [0, 0.1) is 13.8 Å². The number of esters is 1. The Morgan fingerprint density at radius 1 is 0.828 bits per heavy atom. The Morgan fingerprint density at radius 2 is 1.48 bits per heavy atom. The van der Waals surface area contributed by atoms with Gasteiger partial charge in [0.1, 0.15) is 0 Å². The topological polar surface area (TPSA) is 60.4 Å². The summed E-state index contributed by atoms with van der Waals surface area (Å²) in [6, 6.07) is 18.9. The number of thiophene rings is 1. The van der Waals surface area contributed by atoms with Gasteiger partial charge in [-0.2, -0.15) is 0 Å². The summed E-state index contributed by atoms with van der Waals surface area (Å²) in [5.41, 5.74) is 3.23. The molecule has 0 unspecified atom stereocenters. The molecule has 29 heavy (non-hydrogen) atoms. The molecule has 0 N–H and O–H groups in total. The highest BCUT2D eigenvalue weighted by atomic mass is 32.1. The Kier molecular flexibility index (Phi) is 6.73. The number of benzene rings is 2. The normalized spacial score (nSPS) is 10.6. The molecule has 0 aliphatic rings. The van der Waals surface area contributed by atoms with Crippen molar-refractivity contribution in [2.45, 2.75) is 26.7 Å². The summed E-state index contributed by atoms with van der Waals surface area (Å²) in [7, 11) is 0. The molecule has 0 spiro atoms. The van der Waals surface area contributed by atoms with E-state index in [1.165, 1.54) is 0 Å². The zero-order valence-electron chi connectivity index (χ0n) is 16.4. The first-order valence-electron chi connectivity index (χ1n) is 9.38. The van der Waals surface area contributed by atoms with Crippen LogP contribution in [0.15, 0.2) is 60.7 Å². The molecule has 0 bridgehead atoms. The highest BCUT2D eigenvalue weighted by Crippen LogP contribution is 2.22. The van der Waals surface area contributed by atoms with Crippen molar-refractivity contribution in [1.82, 2.24) is 0 Å². The molecule has 148 valence electrons. The number of ether oxygens (including phenoxy) is 1. The number of carbonyl (C=O) groups excluding carboxylic acids is 3. The number of carbonyl (C=O) groups is 3. The Hall–Kier alpha value is -3.05. The van der Waals surface area contributed by atoms with E-state index >= 15 is 0 Å².